The summed E-state index contributed by atoms with van der Waals surface area (Å²) in [5.41, 5.74) is 1.64. The Morgan fingerprint density at radius 3 is 2.40 bits per heavy atom. The molecule has 1 aliphatic rings. The zero-order valence-corrected chi connectivity index (χ0v) is 9.46. The number of nitrogens with zero attached hydrogens (tertiary/aromatic N) is 1. The molecule has 0 atom stereocenters. The zero-order chi connectivity index (χ0) is 10.9. The Morgan fingerprint density at radius 2 is 1.87 bits per heavy atom. The summed E-state index contributed by atoms with van der Waals surface area (Å²) in [7, 11) is 0. The fraction of sp³-hybridized carbons (Fsp3) is 0.538. The molecular weight excluding hydrogens is 189 g/mol. The van der Waals surface area contributed by atoms with E-state index in [0.29, 0.717) is 19.5 Å². The summed E-state index contributed by atoms with van der Waals surface area (Å²) in [6.45, 7) is 6.07. The van der Waals surface area contributed by atoms with Gasteiger partial charge in [-0.15, -0.1) is 0 Å². The molecule has 0 bridgehead atoms. The molecule has 1 nitrogen and oxygen atoms in total. The first kappa shape index (κ1) is 10.6. The van der Waals surface area contributed by atoms with Gasteiger partial charge in [-0.3, -0.25) is 4.90 Å². The first-order valence-corrected chi connectivity index (χ1v) is 5.58. The van der Waals surface area contributed by atoms with Gasteiger partial charge < -0.3 is 0 Å². The molecule has 0 radical (unpaired) electrons. The Morgan fingerprint density at radius 1 is 1.27 bits per heavy atom. The van der Waals surface area contributed by atoms with Crippen LogP contribution in [0.2, 0.25) is 0 Å². The number of aryl methyl sites for hydroxylation is 1. The van der Waals surface area contributed by atoms with E-state index in [1.807, 2.05) is 6.92 Å². The lowest BCUT2D eigenvalue weighted by atomic mass is 9.93. The zero-order valence-electron chi connectivity index (χ0n) is 9.46. The van der Waals surface area contributed by atoms with Crippen LogP contribution in [0.4, 0.5) is 4.39 Å². The van der Waals surface area contributed by atoms with Crippen molar-refractivity contribution < 1.29 is 4.39 Å². The van der Waals surface area contributed by atoms with Gasteiger partial charge in [-0.1, -0.05) is 36.8 Å². The molecule has 0 spiro atoms. The van der Waals surface area contributed by atoms with Crippen molar-refractivity contribution in [3.63, 3.8) is 0 Å². The van der Waals surface area contributed by atoms with Crippen LogP contribution in [-0.4, -0.2) is 23.7 Å². The molecule has 0 aromatic heterocycles. The fourth-order valence-electron chi connectivity index (χ4n) is 2.04. The molecule has 15 heavy (non-hydrogen) atoms. The molecule has 1 aromatic rings. The molecule has 2 heteroatoms. The Bertz CT molecular complexity index is 325. The summed E-state index contributed by atoms with van der Waals surface area (Å²) >= 11 is 0. The summed E-state index contributed by atoms with van der Waals surface area (Å²) in [6.07, 6.45) is 0.636. The van der Waals surface area contributed by atoms with E-state index in [1.165, 1.54) is 11.1 Å². The molecule has 1 aliphatic heterocycles. The minimum atomic E-state index is -0.912. The van der Waals surface area contributed by atoms with Crippen LogP contribution >= 0.6 is 0 Å². The average molecular weight is 207 g/mol. The molecule has 0 unspecified atom stereocenters. The molecule has 2 rings (SSSR count). The van der Waals surface area contributed by atoms with Gasteiger partial charge in [0.2, 0.25) is 0 Å². The molecule has 82 valence electrons. The summed E-state index contributed by atoms with van der Waals surface area (Å²) in [4.78, 5) is 2.16. The predicted octanol–water partition coefficient (Wildman–Crippen LogP) is 2.93. The van der Waals surface area contributed by atoms with Crippen molar-refractivity contribution in [2.24, 2.45) is 0 Å². The highest BCUT2D eigenvalue weighted by Crippen LogP contribution is 2.29. The van der Waals surface area contributed by atoms with E-state index >= 15 is 0 Å². The molecule has 0 saturated carbocycles. The number of benzene rings is 1. The van der Waals surface area contributed by atoms with Crippen LogP contribution in [-0.2, 0) is 6.54 Å². The highest BCUT2D eigenvalue weighted by molar-refractivity contribution is 5.21. The smallest absolute Gasteiger partial charge is 0.136 e. The normalized spacial score (nSPS) is 19.9. The lowest BCUT2D eigenvalue weighted by Gasteiger charge is -2.44. The molecule has 0 amide bonds. The minimum absolute atomic E-state index is 0.595. The number of alkyl halides is 1. The molecule has 0 aliphatic carbocycles. The van der Waals surface area contributed by atoms with Crippen LogP contribution in [0.25, 0.3) is 0 Å². The van der Waals surface area contributed by atoms with E-state index in [2.05, 4.69) is 36.1 Å². The number of hydrogen-bond acceptors (Lipinski definition) is 1. The van der Waals surface area contributed by atoms with E-state index in [0.717, 1.165) is 6.54 Å². The highest BCUT2D eigenvalue weighted by atomic mass is 19.1. The van der Waals surface area contributed by atoms with Crippen LogP contribution in [0.15, 0.2) is 24.3 Å². The van der Waals surface area contributed by atoms with Gasteiger partial charge in [0, 0.05) is 19.6 Å². The first-order chi connectivity index (χ1) is 7.11. The number of halogens is 1. The summed E-state index contributed by atoms with van der Waals surface area (Å²) in [5.74, 6) is 0. The number of likely N-dealkylation sites (tertiary alicyclic amines) is 1. The van der Waals surface area contributed by atoms with Gasteiger partial charge in [0.25, 0.3) is 0 Å². The van der Waals surface area contributed by atoms with Gasteiger partial charge in [-0.2, -0.15) is 0 Å². The maximum Gasteiger partial charge on any atom is 0.136 e. The van der Waals surface area contributed by atoms with E-state index in [-0.39, 0.29) is 0 Å². The second-order valence-electron chi connectivity index (χ2n) is 4.64. The topological polar surface area (TPSA) is 3.24 Å². The van der Waals surface area contributed by atoms with Gasteiger partial charge >= 0.3 is 0 Å². The van der Waals surface area contributed by atoms with Gasteiger partial charge in [0.1, 0.15) is 5.67 Å². The predicted molar refractivity (Wildman–Crippen MR) is 60.6 cm³/mol. The van der Waals surface area contributed by atoms with E-state index in [9.17, 15) is 4.39 Å². The van der Waals surface area contributed by atoms with Crippen molar-refractivity contribution >= 4 is 0 Å². The SMILES string of the molecule is CCC1(F)CN(Cc2ccc(C)cc2)C1. The van der Waals surface area contributed by atoms with Crippen molar-refractivity contribution in [1.82, 2.24) is 4.90 Å². The highest BCUT2D eigenvalue weighted by Gasteiger charge is 2.41. The Balaban J connectivity index is 1.87. The van der Waals surface area contributed by atoms with Crippen LogP contribution in [0, 0.1) is 6.92 Å². The van der Waals surface area contributed by atoms with Crippen LogP contribution in [0.1, 0.15) is 24.5 Å². The van der Waals surface area contributed by atoms with Gasteiger partial charge in [0.05, 0.1) is 0 Å². The van der Waals surface area contributed by atoms with E-state index in [4.69, 9.17) is 0 Å². The van der Waals surface area contributed by atoms with Crippen molar-refractivity contribution in [2.45, 2.75) is 32.5 Å². The maximum absolute atomic E-state index is 13.6. The second kappa shape index (κ2) is 3.93. The summed E-state index contributed by atoms with van der Waals surface area (Å²) in [5, 5.41) is 0. The molecule has 1 saturated heterocycles. The Kier molecular flexibility index (Phi) is 2.79. The number of rotatable bonds is 3. The third kappa shape index (κ3) is 2.37. The Hall–Kier alpha value is -0.890. The minimum Gasteiger partial charge on any atom is -0.293 e. The lowest BCUT2D eigenvalue weighted by molar-refractivity contribution is -0.0393. The van der Waals surface area contributed by atoms with Crippen LogP contribution in [0.5, 0.6) is 0 Å². The lowest BCUT2D eigenvalue weighted by Crippen LogP contribution is -2.57. The quantitative estimate of drug-likeness (QED) is 0.736. The summed E-state index contributed by atoms with van der Waals surface area (Å²) in [6, 6.07) is 8.47. The van der Waals surface area contributed by atoms with Crippen molar-refractivity contribution in [2.75, 3.05) is 13.1 Å². The maximum atomic E-state index is 13.6. The van der Waals surface area contributed by atoms with Crippen LogP contribution in [0.3, 0.4) is 0 Å². The largest absolute Gasteiger partial charge is 0.293 e. The van der Waals surface area contributed by atoms with Gasteiger partial charge in [-0.05, 0) is 18.9 Å². The summed E-state index contributed by atoms with van der Waals surface area (Å²) < 4.78 is 13.6. The Labute approximate surface area is 90.9 Å². The fourth-order valence-corrected chi connectivity index (χ4v) is 2.04. The van der Waals surface area contributed by atoms with Crippen molar-refractivity contribution in [1.29, 1.82) is 0 Å². The third-order valence-corrected chi connectivity index (χ3v) is 3.17. The molecule has 1 aromatic carbocycles. The second-order valence-corrected chi connectivity index (χ2v) is 4.64. The molecule has 1 fully saturated rings. The monoisotopic (exact) mass is 207 g/mol. The van der Waals surface area contributed by atoms with Gasteiger partial charge in [-0.25, -0.2) is 4.39 Å². The molecule has 0 N–H and O–H groups in total. The van der Waals surface area contributed by atoms with Gasteiger partial charge in [0.15, 0.2) is 0 Å². The third-order valence-electron chi connectivity index (χ3n) is 3.17. The van der Waals surface area contributed by atoms with Crippen molar-refractivity contribution in [3.8, 4) is 0 Å². The molecule has 1 heterocycles. The average Bonchev–Trinajstić information content (AvgIpc) is 2.19. The van der Waals surface area contributed by atoms with E-state index in [1.54, 1.807) is 0 Å². The standard InChI is InChI=1S/C13H18FN/c1-3-13(14)9-15(10-13)8-12-6-4-11(2)5-7-12/h4-7H,3,8-10H2,1-2H3. The van der Waals surface area contributed by atoms with Crippen LogP contribution < -0.4 is 0 Å². The molecular formula is C13H18FN. The van der Waals surface area contributed by atoms with E-state index < -0.39 is 5.67 Å². The first-order valence-electron chi connectivity index (χ1n) is 5.58. The number of hydrogen-bond donors (Lipinski definition) is 0. The van der Waals surface area contributed by atoms with Crippen molar-refractivity contribution in [3.05, 3.63) is 35.4 Å².